The summed E-state index contributed by atoms with van der Waals surface area (Å²) in [5, 5.41) is 16.9. The molecule has 0 radical (unpaired) electrons. The van der Waals surface area contributed by atoms with Gasteiger partial charge in [-0.3, -0.25) is 4.79 Å². The number of anilines is 1. The second kappa shape index (κ2) is 8.98. The smallest absolute Gasteiger partial charge is 0.256 e. The molecule has 1 saturated heterocycles. The molecule has 10 heteroatoms. The lowest BCUT2D eigenvalue weighted by Crippen LogP contribution is -2.54. The van der Waals surface area contributed by atoms with Crippen molar-refractivity contribution in [3.63, 3.8) is 0 Å². The van der Waals surface area contributed by atoms with Gasteiger partial charge in [-0.15, -0.1) is 11.3 Å². The van der Waals surface area contributed by atoms with Gasteiger partial charge >= 0.3 is 0 Å². The maximum Gasteiger partial charge on any atom is 0.256 e. The van der Waals surface area contributed by atoms with Gasteiger partial charge in [0.05, 0.1) is 22.7 Å². The molecule has 1 aromatic carbocycles. The van der Waals surface area contributed by atoms with Gasteiger partial charge in [-0.25, -0.2) is 8.42 Å². The maximum absolute atomic E-state index is 13.1. The lowest BCUT2D eigenvalue weighted by atomic mass is 9.81. The van der Waals surface area contributed by atoms with Crippen LogP contribution < -0.4 is 10.6 Å². The summed E-state index contributed by atoms with van der Waals surface area (Å²) in [4.78, 5) is 14.2. The number of fused-ring (bicyclic) bond motifs is 1. The molecule has 4 rings (SSSR count). The summed E-state index contributed by atoms with van der Waals surface area (Å²) < 4.78 is 33.2. The normalized spacial score (nSPS) is 23.8. The second-order valence-corrected chi connectivity index (χ2v) is 13.6. The molecule has 8 nitrogen and oxygen atoms in total. The Kier molecular flexibility index (Phi) is 6.62. The molecule has 2 N–H and O–H groups in total. The first-order chi connectivity index (χ1) is 16.2. The number of amides is 1. The summed E-state index contributed by atoms with van der Waals surface area (Å²) in [5.41, 5.74) is 1.27. The van der Waals surface area contributed by atoms with Gasteiger partial charge in [0.1, 0.15) is 11.1 Å². The number of nitrogens with one attached hydrogen (secondary N) is 2. The summed E-state index contributed by atoms with van der Waals surface area (Å²) in [6, 6.07) is 8.20. The molecular formula is C25H32N4O4S2. The van der Waals surface area contributed by atoms with Crippen molar-refractivity contribution in [1.82, 2.24) is 9.62 Å². The average Bonchev–Trinajstić information content (AvgIpc) is 3.09. The predicted octanol–water partition coefficient (Wildman–Crippen LogP) is 3.83. The SMILES string of the molecule is C[C@@H]1CN(S(=O)(=O)c2ccc(C(=O)Nc3sc4c(c3C#N)CC(C)(C)NC4(C)C)cc2)C[C@@H](C)O1. The Bertz CT molecular complexity index is 1280. The number of nitriles is 1. The Morgan fingerprint density at radius 2 is 1.77 bits per heavy atom. The summed E-state index contributed by atoms with van der Waals surface area (Å²) >= 11 is 1.41. The highest BCUT2D eigenvalue weighted by Gasteiger charge is 2.40. The molecule has 2 aliphatic rings. The van der Waals surface area contributed by atoms with E-state index in [4.69, 9.17) is 4.74 Å². The van der Waals surface area contributed by atoms with E-state index in [9.17, 15) is 18.5 Å². The van der Waals surface area contributed by atoms with Crippen molar-refractivity contribution < 1.29 is 17.9 Å². The van der Waals surface area contributed by atoms with Gasteiger partial charge in [0.15, 0.2) is 0 Å². The number of sulfonamides is 1. The third-order valence-electron chi connectivity index (χ3n) is 6.32. The predicted molar refractivity (Wildman–Crippen MR) is 136 cm³/mol. The monoisotopic (exact) mass is 516 g/mol. The van der Waals surface area contributed by atoms with Crippen molar-refractivity contribution in [1.29, 1.82) is 5.26 Å². The quantitative estimate of drug-likeness (QED) is 0.639. The van der Waals surface area contributed by atoms with Crippen LogP contribution in [0.25, 0.3) is 0 Å². The molecule has 1 fully saturated rings. The van der Waals surface area contributed by atoms with Crippen molar-refractivity contribution in [3.8, 4) is 6.07 Å². The summed E-state index contributed by atoms with van der Waals surface area (Å²) in [6.07, 6.45) is 0.317. The van der Waals surface area contributed by atoms with E-state index in [1.807, 2.05) is 13.8 Å². The first-order valence-electron chi connectivity index (χ1n) is 11.7. The number of hydrogen-bond donors (Lipinski definition) is 2. The van der Waals surface area contributed by atoms with Crippen LogP contribution in [0.4, 0.5) is 5.00 Å². The number of carbonyl (C=O) groups excluding carboxylic acids is 1. The maximum atomic E-state index is 13.1. The molecule has 0 aliphatic carbocycles. The van der Waals surface area contributed by atoms with Crippen LogP contribution in [0.5, 0.6) is 0 Å². The topological polar surface area (TPSA) is 112 Å². The van der Waals surface area contributed by atoms with E-state index in [2.05, 4.69) is 44.4 Å². The van der Waals surface area contributed by atoms with E-state index in [0.29, 0.717) is 22.5 Å². The van der Waals surface area contributed by atoms with Gasteiger partial charge in [-0.1, -0.05) is 0 Å². The number of hydrogen-bond acceptors (Lipinski definition) is 7. The zero-order chi connectivity index (χ0) is 25.8. The van der Waals surface area contributed by atoms with Crippen molar-refractivity contribution in [2.24, 2.45) is 0 Å². The molecule has 2 aliphatic heterocycles. The third kappa shape index (κ3) is 5.01. The summed E-state index contributed by atoms with van der Waals surface area (Å²) in [6.45, 7) is 12.6. The molecule has 0 bridgehead atoms. The average molecular weight is 517 g/mol. The van der Waals surface area contributed by atoms with E-state index < -0.39 is 10.0 Å². The largest absolute Gasteiger partial charge is 0.373 e. The first kappa shape index (κ1) is 25.8. The lowest BCUT2D eigenvalue weighted by Gasteiger charge is -2.42. The van der Waals surface area contributed by atoms with E-state index in [-0.39, 0.29) is 47.2 Å². The zero-order valence-electron chi connectivity index (χ0n) is 20.9. The lowest BCUT2D eigenvalue weighted by molar-refractivity contribution is -0.0440. The summed E-state index contributed by atoms with van der Waals surface area (Å²) in [7, 11) is -3.69. The molecule has 1 amide bonds. The number of thiophene rings is 1. The third-order valence-corrected chi connectivity index (χ3v) is 9.64. The van der Waals surface area contributed by atoms with Gasteiger partial charge in [0.25, 0.3) is 5.91 Å². The molecule has 0 saturated carbocycles. The summed E-state index contributed by atoms with van der Waals surface area (Å²) in [5.74, 6) is -0.386. The Morgan fingerprint density at radius 3 is 2.34 bits per heavy atom. The van der Waals surface area contributed by atoms with Crippen LogP contribution >= 0.6 is 11.3 Å². The zero-order valence-corrected chi connectivity index (χ0v) is 22.6. The van der Waals surface area contributed by atoms with Crippen LogP contribution in [0.3, 0.4) is 0 Å². The van der Waals surface area contributed by atoms with Crippen LogP contribution in [0.1, 0.15) is 67.9 Å². The van der Waals surface area contributed by atoms with Crippen LogP contribution in [-0.4, -0.2) is 49.5 Å². The van der Waals surface area contributed by atoms with E-state index >= 15 is 0 Å². The highest BCUT2D eigenvalue weighted by Crippen LogP contribution is 2.44. The van der Waals surface area contributed by atoms with Gasteiger partial charge in [0, 0.05) is 34.6 Å². The molecule has 0 unspecified atom stereocenters. The fourth-order valence-electron chi connectivity index (χ4n) is 5.16. The minimum Gasteiger partial charge on any atom is -0.373 e. The van der Waals surface area contributed by atoms with Crippen LogP contribution in [-0.2, 0) is 26.7 Å². The number of morpholine rings is 1. The van der Waals surface area contributed by atoms with Crippen molar-refractivity contribution in [2.75, 3.05) is 18.4 Å². The van der Waals surface area contributed by atoms with Gasteiger partial charge in [-0.05, 0) is 77.8 Å². The number of carbonyl (C=O) groups is 1. The fraction of sp³-hybridized carbons (Fsp3) is 0.520. The van der Waals surface area contributed by atoms with Crippen molar-refractivity contribution >= 4 is 32.3 Å². The van der Waals surface area contributed by atoms with Crippen molar-refractivity contribution in [2.45, 2.75) is 76.1 Å². The van der Waals surface area contributed by atoms with Crippen LogP contribution in [0, 0.1) is 11.3 Å². The number of benzene rings is 1. The molecule has 188 valence electrons. The fourth-order valence-corrected chi connectivity index (χ4v) is 7.98. The molecule has 2 aromatic rings. The molecule has 2 atom stereocenters. The molecule has 0 spiro atoms. The molecule has 1 aromatic heterocycles. The van der Waals surface area contributed by atoms with Crippen LogP contribution in [0.2, 0.25) is 0 Å². The Morgan fingerprint density at radius 1 is 1.17 bits per heavy atom. The molecule has 3 heterocycles. The van der Waals surface area contributed by atoms with Gasteiger partial charge in [0.2, 0.25) is 10.0 Å². The Labute approximate surface area is 211 Å². The minimum atomic E-state index is -3.69. The molecular weight excluding hydrogens is 484 g/mol. The Balaban J connectivity index is 1.56. The van der Waals surface area contributed by atoms with Gasteiger partial charge < -0.3 is 15.4 Å². The van der Waals surface area contributed by atoms with E-state index in [0.717, 1.165) is 10.4 Å². The van der Waals surface area contributed by atoms with E-state index in [1.165, 1.54) is 39.9 Å². The number of nitrogens with zero attached hydrogens (tertiary/aromatic N) is 2. The van der Waals surface area contributed by atoms with E-state index in [1.54, 1.807) is 0 Å². The standard InChI is InChI=1S/C25H32N4O4S2/c1-15-13-29(14-16(2)33-15)35(31,32)18-9-7-17(8-10-18)22(30)27-23-20(12-26)19-11-24(3,4)28-25(5,6)21(19)34-23/h7-10,15-16,28H,11,13-14H2,1-6H3,(H,27,30)/t15-,16-/m1/s1. The number of ether oxygens (including phenoxy) is 1. The minimum absolute atomic E-state index is 0.134. The number of rotatable bonds is 4. The van der Waals surface area contributed by atoms with Crippen LogP contribution in [0.15, 0.2) is 29.2 Å². The Hall–Kier alpha value is -2.29. The highest BCUT2D eigenvalue weighted by molar-refractivity contribution is 7.89. The highest BCUT2D eigenvalue weighted by atomic mass is 32.2. The second-order valence-electron chi connectivity index (χ2n) is 10.6. The van der Waals surface area contributed by atoms with Crippen molar-refractivity contribution in [3.05, 3.63) is 45.8 Å². The van der Waals surface area contributed by atoms with Gasteiger partial charge in [-0.2, -0.15) is 9.57 Å². The molecule has 35 heavy (non-hydrogen) atoms. The first-order valence-corrected chi connectivity index (χ1v) is 13.9.